The molecule has 0 bridgehead atoms. The highest BCUT2D eigenvalue weighted by Crippen LogP contribution is 2.18. The summed E-state index contributed by atoms with van der Waals surface area (Å²) in [5.41, 5.74) is 2.24. The first-order valence-corrected chi connectivity index (χ1v) is 10.6. The van der Waals surface area contributed by atoms with Crippen molar-refractivity contribution in [1.29, 1.82) is 0 Å². The molecule has 2 aromatic rings. The summed E-state index contributed by atoms with van der Waals surface area (Å²) in [6.07, 6.45) is 3.28. The summed E-state index contributed by atoms with van der Waals surface area (Å²) in [4.78, 5) is 15.7. The Morgan fingerprint density at radius 1 is 1.28 bits per heavy atom. The van der Waals surface area contributed by atoms with Gasteiger partial charge in [-0.05, 0) is 32.4 Å². The summed E-state index contributed by atoms with van der Waals surface area (Å²) in [5, 5.41) is 9.88. The van der Waals surface area contributed by atoms with E-state index in [4.69, 9.17) is 4.74 Å². The molecular weight excluding hydrogens is 499 g/mol. The molecule has 2 aromatic heterocycles. The van der Waals surface area contributed by atoms with E-state index in [1.807, 2.05) is 13.1 Å². The number of pyridine rings is 1. The van der Waals surface area contributed by atoms with Crippen LogP contribution in [0.1, 0.15) is 30.1 Å². The van der Waals surface area contributed by atoms with Gasteiger partial charge in [0.15, 0.2) is 5.96 Å². The van der Waals surface area contributed by atoms with Gasteiger partial charge in [-0.15, -0.1) is 35.3 Å². The highest BCUT2D eigenvalue weighted by Gasteiger charge is 2.22. The first-order chi connectivity index (χ1) is 13.5. The Hall–Kier alpha value is -1.46. The quantitative estimate of drug-likeness (QED) is 0.340. The lowest BCUT2D eigenvalue weighted by Gasteiger charge is -2.36. The highest BCUT2D eigenvalue weighted by atomic mass is 127. The lowest BCUT2D eigenvalue weighted by Crippen LogP contribution is -2.45. The lowest BCUT2D eigenvalue weighted by atomic mass is 10.2. The van der Waals surface area contributed by atoms with E-state index in [-0.39, 0.29) is 36.2 Å². The number of aromatic nitrogens is 2. The van der Waals surface area contributed by atoms with Gasteiger partial charge in [0.2, 0.25) is 0 Å². The van der Waals surface area contributed by atoms with E-state index in [0.717, 1.165) is 54.1 Å². The average molecular weight is 530 g/mol. The molecule has 1 saturated heterocycles. The van der Waals surface area contributed by atoms with Gasteiger partial charge in [-0.25, -0.2) is 9.97 Å². The number of hydrogen-bond donors (Lipinski definition) is 2. The molecule has 7 nitrogen and oxygen atoms in total. The summed E-state index contributed by atoms with van der Waals surface area (Å²) in [7, 11) is 1.78. The van der Waals surface area contributed by atoms with Gasteiger partial charge in [-0.2, -0.15) is 0 Å². The summed E-state index contributed by atoms with van der Waals surface area (Å²) in [6.45, 7) is 9.48. The van der Waals surface area contributed by atoms with Gasteiger partial charge in [0.05, 0.1) is 22.9 Å². The molecule has 3 heterocycles. The number of ether oxygens (including phenoxy) is 1. The van der Waals surface area contributed by atoms with Gasteiger partial charge in [-0.3, -0.25) is 4.99 Å². The zero-order chi connectivity index (χ0) is 19.9. The first-order valence-electron chi connectivity index (χ1n) is 9.74. The maximum Gasteiger partial charge on any atom is 0.191 e. The zero-order valence-corrected chi connectivity index (χ0v) is 20.7. The number of anilines is 1. The van der Waals surface area contributed by atoms with E-state index in [0.29, 0.717) is 6.54 Å². The minimum absolute atomic E-state index is 0. The number of aryl methyl sites for hydroxylation is 1. The van der Waals surface area contributed by atoms with Crippen molar-refractivity contribution in [2.24, 2.45) is 4.99 Å². The van der Waals surface area contributed by atoms with Crippen molar-refractivity contribution in [3.05, 3.63) is 40.0 Å². The molecule has 0 amide bonds. The van der Waals surface area contributed by atoms with Crippen LogP contribution >= 0.6 is 35.3 Å². The fraction of sp³-hybridized carbons (Fsp3) is 0.550. The molecular formula is C20H31IN6OS. The van der Waals surface area contributed by atoms with Crippen LogP contribution in [-0.4, -0.2) is 54.8 Å². The molecule has 0 aromatic carbocycles. The third-order valence-corrected chi connectivity index (χ3v) is 5.40. The Morgan fingerprint density at radius 2 is 2.03 bits per heavy atom. The van der Waals surface area contributed by atoms with Gasteiger partial charge in [0.25, 0.3) is 0 Å². The van der Waals surface area contributed by atoms with Crippen LogP contribution in [0.4, 0.5) is 5.82 Å². The van der Waals surface area contributed by atoms with Gasteiger partial charge in [0, 0.05) is 51.2 Å². The minimum atomic E-state index is 0. The van der Waals surface area contributed by atoms with Crippen LogP contribution in [0.5, 0.6) is 0 Å². The maximum absolute atomic E-state index is 5.80. The molecule has 2 N–H and O–H groups in total. The standard InChI is InChI=1S/C20H30N6OS.HI/c1-14-11-26(12-15(2)27-14)19-6-5-17(9-23-19)10-24-20(21-4)22-8-7-18-13-28-16(3)25-18;/h5-6,9,13-15H,7-8,10-12H2,1-4H3,(H2,21,22,24);1H. The van der Waals surface area contributed by atoms with Gasteiger partial charge >= 0.3 is 0 Å². The largest absolute Gasteiger partial charge is 0.372 e. The Kier molecular flexibility index (Phi) is 9.57. The third-order valence-electron chi connectivity index (χ3n) is 4.58. The summed E-state index contributed by atoms with van der Waals surface area (Å²) in [5.74, 6) is 1.79. The molecule has 0 spiro atoms. The zero-order valence-electron chi connectivity index (χ0n) is 17.5. The van der Waals surface area contributed by atoms with Crippen molar-refractivity contribution in [2.45, 2.75) is 45.9 Å². The lowest BCUT2D eigenvalue weighted by molar-refractivity contribution is -0.00545. The molecule has 0 saturated carbocycles. The van der Waals surface area contributed by atoms with E-state index >= 15 is 0 Å². The Balaban J connectivity index is 0.00000300. The number of rotatable bonds is 6. The molecule has 1 aliphatic heterocycles. The summed E-state index contributed by atoms with van der Waals surface area (Å²) >= 11 is 1.69. The fourth-order valence-electron chi connectivity index (χ4n) is 3.31. The minimum Gasteiger partial charge on any atom is -0.372 e. The van der Waals surface area contributed by atoms with E-state index in [9.17, 15) is 0 Å². The topological polar surface area (TPSA) is 74.7 Å². The van der Waals surface area contributed by atoms with E-state index in [1.165, 1.54) is 0 Å². The molecule has 2 unspecified atom stereocenters. The second kappa shape index (κ2) is 11.7. The average Bonchev–Trinajstić information content (AvgIpc) is 3.09. The monoisotopic (exact) mass is 530 g/mol. The van der Waals surface area contributed by atoms with Crippen molar-refractivity contribution in [3.63, 3.8) is 0 Å². The normalized spacial score (nSPS) is 19.6. The number of aliphatic imine (C=N–C) groups is 1. The van der Waals surface area contributed by atoms with Gasteiger partial charge < -0.3 is 20.3 Å². The van der Waals surface area contributed by atoms with Gasteiger partial charge in [-0.1, -0.05) is 6.07 Å². The number of hydrogen-bond acceptors (Lipinski definition) is 6. The Bertz CT molecular complexity index is 772. The molecule has 3 rings (SSSR count). The van der Waals surface area contributed by atoms with Crippen molar-refractivity contribution in [2.75, 3.05) is 31.6 Å². The number of nitrogens with zero attached hydrogens (tertiary/aromatic N) is 4. The van der Waals surface area contributed by atoms with Crippen LogP contribution in [0.3, 0.4) is 0 Å². The van der Waals surface area contributed by atoms with Crippen molar-refractivity contribution >= 4 is 47.1 Å². The molecule has 2 atom stereocenters. The van der Waals surface area contributed by atoms with Crippen LogP contribution < -0.4 is 15.5 Å². The predicted octanol–water partition coefficient (Wildman–Crippen LogP) is 2.99. The molecule has 160 valence electrons. The summed E-state index contributed by atoms with van der Waals surface area (Å²) in [6, 6.07) is 4.20. The van der Waals surface area contributed by atoms with E-state index < -0.39 is 0 Å². The third kappa shape index (κ3) is 7.38. The first kappa shape index (κ1) is 23.8. The van der Waals surface area contributed by atoms with Crippen LogP contribution in [0, 0.1) is 6.92 Å². The van der Waals surface area contributed by atoms with Crippen LogP contribution in [0.15, 0.2) is 28.7 Å². The number of morpholine rings is 1. The SMILES string of the molecule is CN=C(NCCc1csc(C)n1)NCc1ccc(N2CC(C)OC(C)C2)nc1.I. The molecule has 0 aliphatic carbocycles. The summed E-state index contributed by atoms with van der Waals surface area (Å²) < 4.78 is 5.80. The van der Waals surface area contributed by atoms with Crippen molar-refractivity contribution in [3.8, 4) is 0 Å². The van der Waals surface area contributed by atoms with Gasteiger partial charge in [0.1, 0.15) is 5.82 Å². The van der Waals surface area contributed by atoms with Crippen molar-refractivity contribution in [1.82, 2.24) is 20.6 Å². The molecule has 29 heavy (non-hydrogen) atoms. The number of thiazole rings is 1. The number of halogens is 1. The second-order valence-corrected chi connectivity index (χ2v) is 8.21. The fourth-order valence-corrected chi connectivity index (χ4v) is 3.96. The Labute approximate surface area is 194 Å². The number of nitrogens with one attached hydrogen (secondary N) is 2. The van der Waals surface area contributed by atoms with Crippen LogP contribution in [0.25, 0.3) is 0 Å². The highest BCUT2D eigenvalue weighted by molar-refractivity contribution is 14.0. The van der Waals surface area contributed by atoms with Crippen LogP contribution in [-0.2, 0) is 17.7 Å². The molecule has 9 heteroatoms. The second-order valence-electron chi connectivity index (χ2n) is 7.15. The van der Waals surface area contributed by atoms with E-state index in [2.05, 4.69) is 61.9 Å². The predicted molar refractivity (Wildman–Crippen MR) is 131 cm³/mol. The van der Waals surface area contributed by atoms with E-state index in [1.54, 1.807) is 18.4 Å². The molecule has 0 radical (unpaired) electrons. The van der Waals surface area contributed by atoms with Crippen LogP contribution in [0.2, 0.25) is 0 Å². The molecule has 1 aliphatic rings. The molecule has 1 fully saturated rings. The van der Waals surface area contributed by atoms with Crippen molar-refractivity contribution < 1.29 is 4.74 Å². The number of guanidine groups is 1. The maximum atomic E-state index is 5.80. The smallest absolute Gasteiger partial charge is 0.191 e. The Morgan fingerprint density at radius 3 is 2.62 bits per heavy atom.